The molecule has 1 rings (SSSR count). The summed E-state index contributed by atoms with van der Waals surface area (Å²) in [5.74, 6) is 5.56. The molecule has 0 fully saturated rings. The number of carbonyl (C=O) groups is 1. The Morgan fingerprint density at radius 1 is 1.53 bits per heavy atom. The normalized spacial score (nSPS) is 9.00. The molecule has 78 valence electrons. The first-order chi connectivity index (χ1) is 7.20. The molecule has 0 aliphatic rings. The van der Waals surface area contributed by atoms with Crippen LogP contribution in [-0.2, 0) is 4.74 Å². The summed E-state index contributed by atoms with van der Waals surface area (Å²) in [6, 6.07) is 5.43. The zero-order valence-corrected chi connectivity index (χ0v) is 10.2. The maximum Gasteiger partial charge on any atom is 0.338 e. The van der Waals surface area contributed by atoms with Gasteiger partial charge in [-0.3, -0.25) is 0 Å². The van der Waals surface area contributed by atoms with Gasteiger partial charge < -0.3 is 4.74 Å². The Morgan fingerprint density at radius 2 is 2.27 bits per heavy atom. The molecular weight excluding hydrogens is 256 g/mol. The first-order valence-corrected chi connectivity index (χ1v) is 5.55. The quantitative estimate of drug-likeness (QED) is 0.444. The third-order valence-electron chi connectivity index (χ3n) is 2.03. The highest BCUT2D eigenvalue weighted by molar-refractivity contribution is 9.09. The standard InChI is InChI=1S/C12H11BrO2/c1-9-10(6-4-8-13)5-3-7-11(9)12(14)15-2/h3,5,7H,8H2,1-2H3. The largest absolute Gasteiger partial charge is 0.465 e. The van der Waals surface area contributed by atoms with Gasteiger partial charge in [-0.1, -0.05) is 33.8 Å². The average Bonchev–Trinajstić information content (AvgIpc) is 2.27. The summed E-state index contributed by atoms with van der Waals surface area (Å²) in [5, 5.41) is 0.620. The van der Waals surface area contributed by atoms with Crippen LogP contribution in [0.4, 0.5) is 0 Å². The van der Waals surface area contributed by atoms with Gasteiger partial charge in [0.2, 0.25) is 0 Å². The smallest absolute Gasteiger partial charge is 0.338 e. The van der Waals surface area contributed by atoms with E-state index in [-0.39, 0.29) is 5.97 Å². The zero-order chi connectivity index (χ0) is 11.3. The van der Waals surface area contributed by atoms with Crippen LogP contribution in [0.3, 0.4) is 0 Å². The van der Waals surface area contributed by atoms with Gasteiger partial charge in [-0.2, -0.15) is 0 Å². The molecule has 0 amide bonds. The van der Waals surface area contributed by atoms with Crippen molar-refractivity contribution < 1.29 is 9.53 Å². The maximum absolute atomic E-state index is 11.4. The van der Waals surface area contributed by atoms with Crippen LogP contribution in [-0.4, -0.2) is 18.4 Å². The molecule has 0 unspecified atom stereocenters. The minimum Gasteiger partial charge on any atom is -0.465 e. The van der Waals surface area contributed by atoms with Crippen LogP contribution in [0.25, 0.3) is 0 Å². The van der Waals surface area contributed by atoms with Crippen molar-refractivity contribution in [2.45, 2.75) is 6.92 Å². The molecule has 0 radical (unpaired) electrons. The molecule has 0 bridgehead atoms. The molecule has 0 saturated heterocycles. The lowest BCUT2D eigenvalue weighted by atomic mass is 10.0. The number of ether oxygens (including phenoxy) is 1. The van der Waals surface area contributed by atoms with Crippen molar-refractivity contribution in [1.29, 1.82) is 0 Å². The van der Waals surface area contributed by atoms with Crippen molar-refractivity contribution in [2.24, 2.45) is 0 Å². The van der Waals surface area contributed by atoms with Crippen molar-refractivity contribution in [3.05, 3.63) is 34.9 Å². The van der Waals surface area contributed by atoms with E-state index in [9.17, 15) is 4.79 Å². The highest BCUT2D eigenvalue weighted by Crippen LogP contribution is 2.13. The SMILES string of the molecule is COC(=O)c1cccc(C#CCBr)c1C. The Kier molecular flexibility index (Phi) is 4.38. The van der Waals surface area contributed by atoms with E-state index in [1.807, 2.05) is 13.0 Å². The molecule has 0 aliphatic carbocycles. The highest BCUT2D eigenvalue weighted by Gasteiger charge is 2.10. The Labute approximate surface area is 97.8 Å². The fourth-order valence-corrected chi connectivity index (χ4v) is 1.37. The molecule has 0 spiro atoms. The number of hydrogen-bond acceptors (Lipinski definition) is 2. The lowest BCUT2D eigenvalue weighted by molar-refractivity contribution is 0.0600. The Bertz CT molecular complexity index is 427. The van der Waals surface area contributed by atoms with Crippen LogP contribution in [0.15, 0.2) is 18.2 Å². The Morgan fingerprint density at radius 3 is 2.87 bits per heavy atom. The number of methoxy groups -OCH3 is 1. The summed E-state index contributed by atoms with van der Waals surface area (Å²) in [6.45, 7) is 1.87. The summed E-state index contributed by atoms with van der Waals surface area (Å²) in [6.07, 6.45) is 0. The van der Waals surface area contributed by atoms with Gasteiger partial charge in [0.05, 0.1) is 18.0 Å². The molecule has 0 heterocycles. The van der Waals surface area contributed by atoms with Crippen LogP contribution in [0.1, 0.15) is 21.5 Å². The van der Waals surface area contributed by atoms with Crippen LogP contribution in [0.2, 0.25) is 0 Å². The van der Waals surface area contributed by atoms with Crippen LogP contribution in [0.5, 0.6) is 0 Å². The minimum absolute atomic E-state index is 0.324. The van der Waals surface area contributed by atoms with Crippen LogP contribution >= 0.6 is 15.9 Å². The molecular formula is C12H11BrO2. The third-order valence-corrected chi connectivity index (χ3v) is 2.31. The Balaban J connectivity index is 3.17. The first-order valence-electron chi connectivity index (χ1n) is 4.43. The molecule has 0 aliphatic heterocycles. The second-order valence-electron chi connectivity index (χ2n) is 2.91. The fourth-order valence-electron chi connectivity index (χ4n) is 1.23. The van der Waals surface area contributed by atoms with Crippen molar-refractivity contribution >= 4 is 21.9 Å². The van der Waals surface area contributed by atoms with Crippen molar-refractivity contribution in [1.82, 2.24) is 0 Å². The fraction of sp³-hybridized carbons (Fsp3) is 0.250. The molecule has 0 saturated carbocycles. The minimum atomic E-state index is -0.324. The second-order valence-corrected chi connectivity index (χ2v) is 3.47. The number of halogens is 1. The molecule has 1 aromatic carbocycles. The molecule has 0 atom stereocenters. The number of benzene rings is 1. The number of rotatable bonds is 1. The predicted octanol–water partition coefficient (Wildman–Crippen LogP) is 2.53. The van der Waals surface area contributed by atoms with Gasteiger partial charge in [-0.05, 0) is 24.6 Å². The molecule has 1 aromatic rings. The summed E-state index contributed by atoms with van der Waals surface area (Å²) in [7, 11) is 1.37. The van der Waals surface area contributed by atoms with Gasteiger partial charge in [0.15, 0.2) is 0 Å². The van der Waals surface area contributed by atoms with Gasteiger partial charge in [0.1, 0.15) is 0 Å². The number of esters is 1. The molecule has 3 heteroatoms. The summed E-state index contributed by atoms with van der Waals surface area (Å²) in [5.41, 5.74) is 2.29. The van der Waals surface area contributed by atoms with Crippen molar-refractivity contribution in [3.8, 4) is 11.8 Å². The molecule has 2 nitrogen and oxygen atoms in total. The van der Waals surface area contributed by atoms with Gasteiger partial charge >= 0.3 is 5.97 Å². The van der Waals surface area contributed by atoms with E-state index < -0.39 is 0 Å². The van der Waals surface area contributed by atoms with E-state index >= 15 is 0 Å². The summed E-state index contributed by atoms with van der Waals surface area (Å²) < 4.78 is 4.68. The van der Waals surface area contributed by atoms with E-state index in [1.165, 1.54) is 7.11 Å². The van der Waals surface area contributed by atoms with Crippen LogP contribution in [0, 0.1) is 18.8 Å². The first kappa shape index (κ1) is 11.8. The zero-order valence-electron chi connectivity index (χ0n) is 8.63. The lowest BCUT2D eigenvalue weighted by Crippen LogP contribution is -2.04. The molecule has 0 N–H and O–H groups in total. The van der Waals surface area contributed by atoms with E-state index in [0.717, 1.165) is 11.1 Å². The van der Waals surface area contributed by atoms with E-state index in [1.54, 1.807) is 12.1 Å². The maximum atomic E-state index is 11.4. The number of hydrogen-bond donors (Lipinski definition) is 0. The molecule has 0 aromatic heterocycles. The van der Waals surface area contributed by atoms with E-state index in [0.29, 0.717) is 10.9 Å². The van der Waals surface area contributed by atoms with Gasteiger partial charge in [-0.25, -0.2) is 4.79 Å². The number of alkyl halides is 1. The van der Waals surface area contributed by atoms with Crippen LogP contribution < -0.4 is 0 Å². The second kappa shape index (κ2) is 5.57. The monoisotopic (exact) mass is 266 g/mol. The average molecular weight is 267 g/mol. The number of carbonyl (C=O) groups excluding carboxylic acids is 1. The van der Waals surface area contributed by atoms with E-state index in [4.69, 9.17) is 0 Å². The topological polar surface area (TPSA) is 26.3 Å². The highest BCUT2D eigenvalue weighted by atomic mass is 79.9. The summed E-state index contributed by atoms with van der Waals surface area (Å²) in [4.78, 5) is 11.4. The van der Waals surface area contributed by atoms with E-state index in [2.05, 4.69) is 32.5 Å². The van der Waals surface area contributed by atoms with Gasteiger partial charge in [0.25, 0.3) is 0 Å². The van der Waals surface area contributed by atoms with Crippen molar-refractivity contribution in [2.75, 3.05) is 12.4 Å². The molecule has 15 heavy (non-hydrogen) atoms. The van der Waals surface area contributed by atoms with Gasteiger partial charge in [-0.15, -0.1) is 0 Å². The van der Waals surface area contributed by atoms with Crippen molar-refractivity contribution in [3.63, 3.8) is 0 Å². The predicted molar refractivity (Wildman–Crippen MR) is 63.2 cm³/mol. The summed E-state index contributed by atoms with van der Waals surface area (Å²) >= 11 is 3.23. The lowest BCUT2D eigenvalue weighted by Gasteiger charge is -2.04. The third kappa shape index (κ3) is 2.84. The Hall–Kier alpha value is -1.27. The van der Waals surface area contributed by atoms with Gasteiger partial charge in [0, 0.05) is 5.56 Å².